The number of nitrogens with one attached hydrogen (secondary N) is 1. The molecule has 1 aliphatic heterocycles. The first-order valence-corrected chi connectivity index (χ1v) is 9.62. The van der Waals surface area contributed by atoms with Crippen LogP contribution < -0.4 is 10.1 Å². The first kappa shape index (κ1) is 20.4. The standard InChI is InChI=1S/C20H18N2O6S/c1-27-18(24)11-28-16-4-2-3-14(9-16)19(25)21-15-7-5-13(6-8-15)10-22-17(23)12-29-20(22)26/h2-9H,10-12H2,1H3,(H,21,25). The molecule has 0 aliphatic carbocycles. The number of benzene rings is 2. The summed E-state index contributed by atoms with van der Waals surface area (Å²) in [5, 5.41) is 2.51. The number of esters is 1. The maximum absolute atomic E-state index is 12.5. The van der Waals surface area contributed by atoms with Gasteiger partial charge in [0.1, 0.15) is 5.75 Å². The molecule has 1 saturated heterocycles. The quantitative estimate of drug-likeness (QED) is 0.695. The summed E-state index contributed by atoms with van der Waals surface area (Å²) in [6.45, 7) is -0.0396. The van der Waals surface area contributed by atoms with Gasteiger partial charge in [-0.25, -0.2) is 4.79 Å². The fraction of sp³-hybridized carbons (Fsp3) is 0.200. The number of rotatable bonds is 7. The first-order chi connectivity index (χ1) is 14.0. The van der Waals surface area contributed by atoms with E-state index in [4.69, 9.17) is 4.74 Å². The second-order valence-corrected chi connectivity index (χ2v) is 7.00. The molecular weight excluding hydrogens is 396 g/mol. The van der Waals surface area contributed by atoms with Crippen molar-refractivity contribution < 1.29 is 28.7 Å². The zero-order chi connectivity index (χ0) is 20.8. The predicted molar refractivity (Wildman–Crippen MR) is 107 cm³/mol. The maximum atomic E-state index is 12.5. The van der Waals surface area contributed by atoms with Gasteiger partial charge in [0.05, 0.1) is 19.4 Å². The number of ether oxygens (including phenoxy) is 2. The number of anilines is 1. The highest BCUT2D eigenvalue weighted by molar-refractivity contribution is 8.14. The van der Waals surface area contributed by atoms with E-state index in [1.807, 2.05) is 0 Å². The van der Waals surface area contributed by atoms with Crippen LogP contribution in [-0.2, 0) is 20.9 Å². The van der Waals surface area contributed by atoms with E-state index in [9.17, 15) is 19.2 Å². The molecule has 1 aliphatic rings. The highest BCUT2D eigenvalue weighted by Gasteiger charge is 2.29. The summed E-state index contributed by atoms with van der Waals surface area (Å²) in [5.74, 6) is -0.517. The van der Waals surface area contributed by atoms with Crippen LogP contribution in [0.15, 0.2) is 48.5 Å². The Morgan fingerprint density at radius 1 is 1.14 bits per heavy atom. The SMILES string of the molecule is COC(=O)COc1cccc(C(=O)Nc2ccc(CN3C(=O)CSC3=O)cc2)c1. The first-order valence-electron chi connectivity index (χ1n) is 8.63. The van der Waals surface area contributed by atoms with Crippen LogP contribution in [0.1, 0.15) is 15.9 Å². The van der Waals surface area contributed by atoms with Gasteiger partial charge in [0, 0.05) is 11.3 Å². The van der Waals surface area contributed by atoms with Crippen LogP contribution in [0.3, 0.4) is 0 Å². The molecule has 150 valence electrons. The lowest BCUT2D eigenvalue weighted by Crippen LogP contribution is -2.27. The Balaban J connectivity index is 1.60. The summed E-state index contributed by atoms with van der Waals surface area (Å²) in [6, 6.07) is 13.3. The smallest absolute Gasteiger partial charge is 0.343 e. The molecule has 9 heteroatoms. The molecule has 0 bridgehead atoms. The van der Waals surface area contributed by atoms with E-state index in [1.165, 1.54) is 18.1 Å². The van der Waals surface area contributed by atoms with Gasteiger partial charge in [-0.2, -0.15) is 0 Å². The summed E-state index contributed by atoms with van der Waals surface area (Å²) in [4.78, 5) is 48.1. The summed E-state index contributed by atoms with van der Waals surface area (Å²) in [5.41, 5.74) is 1.71. The average Bonchev–Trinajstić information content (AvgIpc) is 3.05. The lowest BCUT2D eigenvalue weighted by atomic mass is 10.1. The van der Waals surface area contributed by atoms with Gasteiger partial charge < -0.3 is 14.8 Å². The number of carbonyl (C=O) groups is 4. The second-order valence-electron chi connectivity index (χ2n) is 6.08. The van der Waals surface area contributed by atoms with Gasteiger partial charge in [-0.3, -0.25) is 19.3 Å². The van der Waals surface area contributed by atoms with E-state index in [2.05, 4.69) is 10.1 Å². The molecule has 0 aromatic heterocycles. The fourth-order valence-corrected chi connectivity index (χ4v) is 3.27. The van der Waals surface area contributed by atoms with Gasteiger partial charge in [0.15, 0.2) is 6.61 Å². The number of carbonyl (C=O) groups excluding carboxylic acids is 4. The van der Waals surface area contributed by atoms with Crippen LogP contribution >= 0.6 is 11.8 Å². The van der Waals surface area contributed by atoms with Gasteiger partial charge in [-0.05, 0) is 35.9 Å². The van der Waals surface area contributed by atoms with Crippen LogP contribution in [0.2, 0.25) is 0 Å². The van der Waals surface area contributed by atoms with Gasteiger partial charge in [-0.15, -0.1) is 0 Å². The Bertz CT molecular complexity index is 928. The molecule has 2 aromatic rings. The van der Waals surface area contributed by atoms with Crippen LogP contribution in [0.25, 0.3) is 0 Å². The summed E-state index contributed by atoms with van der Waals surface area (Å²) < 4.78 is 9.79. The summed E-state index contributed by atoms with van der Waals surface area (Å²) in [6.07, 6.45) is 0. The summed E-state index contributed by atoms with van der Waals surface area (Å²) in [7, 11) is 1.26. The molecular formula is C20H18N2O6S. The third-order valence-electron chi connectivity index (χ3n) is 4.07. The number of thioether (sulfide) groups is 1. The zero-order valence-corrected chi connectivity index (χ0v) is 16.4. The molecule has 3 rings (SSSR count). The van der Waals surface area contributed by atoms with Crippen LogP contribution in [-0.4, -0.2) is 47.4 Å². The molecule has 0 spiro atoms. The van der Waals surface area contributed by atoms with Crippen molar-refractivity contribution in [1.29, 1.82) is 0 Å². The van der Waals surface area contributed by atoms with E-state index in [0.717, 1.165) is 17.3 Å². The van der Waals surface area contributed by atoms with Crippen molar-refractivity contribution in [1.82, 2.24) is 4.90 Å². The molecule has 1 fully saturated rings. The molecule has 1 N–H and O–H groups in total. The maximum Gasteiger partial charge on any atom is 0.343 e. The third-order valence-corrected chi connectivity index (χ3v) is 4.93. The minimum absolute atomic E-state index is 0.176. The van der Waals surface area contributed by atoms with E-state index in [1.54, 1.807) is 42.5 Å². The molecule has 0 radical (unpaired) electrons. The number of methoxy groups -OCH3 is 1. The highest BCUT2D eigenvalue weighted by Crippen LogP contribution is 2.22. The van der Waals surface area contributed by atoms with E-state index >= 15 is 0 Å². The van der Waals surface area contributed by atoms with Crippen LogP contribution in [0, 0.1) is 0 Å². The van der Waals surface area contributed by atoms with E-state index < -0.39 is 5.97 Å². The topological polar surface area (TPSA) is 102 Å². The van der Waals surface area contributed by atoms with Crippen molar-refractivity contribution in [3.63, 3.8) is 0 Å². The van der Waals surface area contributed by atoms with Gasteiger partial charge in [-0.1, -0.05) is 30.0 Å². The van der Waals surface area contributed by atoms with Crippen molar-refractivity contribution in [2.75, 3.05) is 24.8 Å². The van der Waals surface area contributed by atoms with Crippen LogP contribution in [0.4, 0.5) is 10.5 Å². The molecule has 3 amide bonds. The van der Waals surface area contributed by atoms with Gasteiger partial charge in [0.2, 0.25) is 5.91 Å². The molecule has 8 nitrogen and oxygen atoms in total. The van der Waals surface area contributed by atoms with Crippen molar-refractivity contribution in [3.8, 4) is 5.75 Å². The fourth-order valence-electron chi connectivity index (χ4n) is 2.54. The number of nitrogens with zero attached hydrogens (tertiary/aromatic N) is 1. The summed E-state index contributed by atoms with van der Waals surface area (Å²) >= 11 is 0.994. The lowest BCUT2D eigenvalue weighted by molar-refractivity contribution is -0.142. The minimum Gasteiger partial charge on any atom is -0.482 e. The number of hydrogen-bond donors (Lipinski definition) is 1. The number of imide groups is 1. The second kappa shape index (κ2) is 9.24. The Kier molecular flexibility index (Phi) is 6.50. The number of hydrogen-bond acceptors (Lipinski definition) is 7. The van der Waals surface area contributed by atoms with E-state index in [-0.39, 0.29) is 36.0 Å². The Labute approximate surface area is 171 Å². The normalized spacial score (nSPS) is 13.3. The predicted octanol–water partition coefficient (Wildman–Crippen LogP) is 2.69. The van der Waals surface area contributed by atoms with Crippen molar-refractivity contribution in [2.24, 2.45) is 0 Å². The largest absolute Gasteiger partial charge is 0.482 e. The lowest BCUT2D eigenvalue weighted by Gasteiger charge is -2.13. The van der Waals surface area contributed by atoms with E-state index in [0.29, 0.717) is 17.0 Å². The molecule has 2 aromatic carbocycles. The average molecular weight is 414 g/mol. The zero-order valence-electron chi connectivity index (χ0n) is 15.5. The van der Waals surface area contributed by atoms with Crippen LogP contribution in [0.5, 0.6) is 5.75 Å². The molecule has 0 atom stereocenters. The Morgan fingerprint density at radius 2 is 1.90 bits per heavy atom. The van der Waals surface area contributed by atoms with Crippen molar-refractivity contribution in [3.05, 3.63) is 59.7 Å². The third kappa shape index (κ3) is 5.35. The highest BCUT2D eigenvalue weighted by atomic mass is 32.2. The monoisotopic (exact) mass is 414 g/mol. The Morgan fingerprint density at radius 3 is 2.55 bits per heavy atom. The van der Waals surface area contributed by atoms with Crippen molar-refractivity contribution >= 4 is 40.5 Å². The number of amides is 3. The van der Waals surface area contributed by atoms with Gasteiger partial charge >= 0.3 is 5.97 Å². The molecule has 0 saturated carbocycles. The van der Waals surface area contributed by atoms with Gasteiger partial charge in [0.25, 0.3) is 11.1 Å². The molecule has 29 heavy (non-hydrogen) atoms. The molecule has 0 unspecified atom stereocenters. The molecule has 1 heterocycles. The van der Waals surface area contributed by atoms with Crippen molar-refractivity contribution in [2.45, 2.75) is 6.54 Å². The Hall–Kier alpha value is -3.33. The minimum atomic E-state index is -0.518.